The van der Waals surface area contributed by atoms with E-state index >= 15 is 0 Å². The van der Waals surface area contributed by atoms with Gasteiger partial charge in [-0.05, 0) is 43.0 Å². The Balaban J connectivity index is 1.32. The lowest BCUT2D eigenvalue weighted by molar-refractivity contribution is 0.0910. The van der Waals surface area contributed by atoms with Crippen LogP contribution in [0.5, 0.6) is 17.2 Å². The van der Waals surface area contributed by atoms with Gasteiger partial charge in [0.1, 0.15) is 11.9 Å². The summed E-state index contributed by atoms with van der Waals surface area (Å²) in [5.41, 5.74) is 1.37. The molecule has 1 unspecified atom stereocenters. The number of methoxy groups -OCH3 is 1. The fourth-order valence-electron chi connectivity index (χ4n) is 4.02. The van der Waals surface area contributed by atoms with Gasteiger partial charge in [0.05, 0.1) is 13.7 Å². The molecular weight excluding hydrogens is 326 g/mol. The summed E-state index contributed by atoms with van der Waals surface area (Å²) in [6.45, 7) is 4.11. The maximum absolute atomic E-state index is 6.20. The second-order valence-corrected chi connectivity index (χ2v) is 7.14. The van der Waals surface area contributed by atoms with E-state index in [1.54, 1.807) is 7.11 Å². The summed E-state index contributed by atoms with van der Waals surface area (Å²) >= 11 is 0. The molecule has 0 saturated carbocycles. The average Bonchev–Trinajstić information content (AvgIpc) is 2.70. The molecule has 2 aliphatic heterocycles. The Morgan fingerprint density at radius 1 is 0.962 bits per heavy atom. The maximum atomic E-state index is 6.20. The van der Waals surface area contributed by atoms with Crippen LogP contribution in [-0.4, -0.2) is 44.4 Å². The van der Waals surface area contributed by atoms with Crippen LogP contribution in [0.15, 0.2) is 48.5 Å². The van der Waals surface area contributed by atoms with Gasteiger partial charge in [0.2, 0.25) is 0 Å². The molecule has 0 aliphatic carbocycles. The van der Waals surface area contributed by atoms with Gasteiger partial charge in [-0.1, -0.05) is 30.3 Å². The summed E-state index contributed by atoms with van der Waals surface area (Å²) in [7, 11) is 1.69. The van der Waals surface area contributed by atoms with E-state index in [4.69, 9.17) is 14.2 Å². The molecule has 1 fully saturated rings. The van der Waals surface area contributed by atoms with E-state index in [1.165, 1.54) is 5.56 Å². The second-order valence-electron chi connectivity index (χ2n) is 7.14. The molecule has 0 aromatic heterocycles. The third-order valence-electron chi connectivity index (χ3n) is 5.46. The van der Waals surface area contributed by atoms with E-state index in [0.29, 0.717) is 5.92 Å². The lowest BCUT2D eigenvalue weighted by Crippen LogP contribution is -2.40. The molecule has 2 aromatic rings. The molecule has 4 rings (SSSR count). The summed E-state index contributed by atoms with van der Waals surface area (Å²) < 4.78 is 17.4. The number of rotatable bonds is 5. The minimum atomic E-state index is 0.268. The smallest absolute Gasteiger partial charge is 0.161 e. The van der Waals surface area contributed by atoms with Gasteiger partial charge in [-0.25, -0.2) is 0 Å². The number of nitrogens with zero attached hydrogens (tertiary/aromatic N) is 1. The number of piperidine rings is 1. The molecule has 1 atom stereocenters. The van der Waals surface area contributed by atoms with Gasteiger partial charge < -0.3 is 19.1 Å². The summed E-state index contributed by atoms with van der Waals surface area (Å²) in [6, 6.07) is 16.4. The highest BCUT2D eigenvalue weighted by Gasteiger charge is 2.27. The van der Waals surface area contributed by atoms with E-state index in [-0.39, 0.29) is 6.10 Å². The van der Waals surface area contributed by atoms with E-state index < -0.39 is 0 Å². The van der Waals surface area contributed by atoms with Crippen molar-refractivity contribution in [1.82, 2.24) is 4.90 Å². The molecule has 4 nitrogen and oxygen atoms in total. The predicted octanol–water partition coefficient (Wildman–Crippen LogP) is 4.10. The standard InChI is InChI=1S/C22H27NO3/c1-24-21-8-4-5-9-22(21)26-18-10-13-23(14-11-18)16-17-12-15-25-20-7-3-2-6-19(17)20/h2-9,17-18H,10-16H2,1H3. The third kappa shape index (κ3) is 3.80. The normalized spacial score (nSPS) is 20.9. The largest absolute Gasteiger partial charge is 0.493 e. The molecule has 0 amide bonds. The van der Waals surface area contributed by atoms with Crippen LogP contribution in [-0.2, 0) is 0 Å². The first kappa shape index (κ1) is 17.2. The monoisotopic (exact) mass is 353 g/mol. The zero-order chi connectivity index (χ0) is 17.8. The van der Waals surface area contributed by atoms with E-state index in [1.807, 2.05) is 24.3 Å². The Kier molecular flexibility index (Phi) is 5.30. The van der Waals surface area contributed by atoms with Crippen LogP contribution in [0.3, 0.4) is 0 Å². The van der Waals surface area contributed by atoms with Crippen molar-refractivity contribution < 1.29 is 14.2 Å². The Hall–Kier alpha value is -2.20. The quantitative estimate of drug-likeness (QED) is 0.810. The molecule has 1 saturated heterocycles. The minimum absolute atomic E-state index is 0.268. The molecule has 0 bridgehead atoms. The van der Waals surface area contributed by atoms with Crippen LogP contribution >= 0.6 is 0 Å². The first-order chi connectivity index (χ1) is 12.8. The fourth-order valence-corrected chi connectivity index (χ4v) is 4.02. The zero-order valence-corrected chi connectivity index (χ0v) is 15.4. The van der Waals surface area contributed by atoms with Crippen molar-refractivity contribution in [2.45, 2.75) is 31.3 Å². The molecule has 2 aliphatic rings. The van der Waals surface area contributed by atoms with Gasteiger partial charge >= 0.3 is 0 Å². The number of para-hydroxylation sites is 3. The molecule has 2 heterocycles. The lowest BCUT2D eigenvalue weighted by atomic mass is 9.92. The van der Waals surface area contributed by atoms with Crippen LogP contribution in [0.25, 0.3) is 0 Å². The summed E-state index contributed by atoms with van der Waals surface area (Å²) in [5, 5.41) is 0. The molecule has 0 radical (unpaired) electrons. The predicted molar refractivity (Wildman–Crippen MR) is 102 cm³/mol. The topological polar surface area (TPSA) is 30.9 Å². The van der Waals surface area contributed by atoms with Crippen molar-refractivity contribution in [3.63, 3.8) is 0 Å². The lowest BCUT2D eigenvalue weighted by Gasteiger charge is -2.36. The van der Waals surface area contributed by atoms with Crippen molar-refractivity contribution >= 4 is 0 Å². The van der Waals surface area contributed by atoms with Gasteiger partial charge in [0.25, 0.3) is 0 Å². The average molecular weight is 353 g/mol. The SMILES string of the molecule is COc1ccccc1OC1CCN(CC2CCOc3ccccc32)CC1. The van der Waals surface area contributed by atoms with Crippen molar-refractivity contribution in [2.24, 2.45) is 0 Å². The molecule has 2 aromatic carbocycles. The van der Waals surface area contributed by atoms with Crippen LogP contribution in [0.2, 0.25) is 0 Å². The van der Waals surface area contributed by atoms with Crippen molar-refractivity contribution in [3.8, 4) is 17.2 Å². The molecular formula is C22H27NO3. The Labute approximate surface area is 155 Å². The minimum Gasteiger partial charge on any atom is -0.493 e. The molecule has 138 valence electrons. The van der Waals surface area contributed by atoms with Gasteiger partial charge in [0.15, 0.2) is 11.5 Å². The number of hydrogen-bond donors (Lipinski definition) is 0. The van der Waals surface area contributed by atoms with Crippen LogP contribution < -0.4 is 14.2 Å². The zero-order valence-electron chi connectivity index (χ0n) is 15.4. The van der Waals surface area contributed by atoms with Crippen molar-refractivity contribution in [3.05, 3.63) is 54.1 Å². The first-order valence-corrected chi connectivity index (χ1v) is 9.57. The number of likely N-dealkylation sites (tertiary alicyclic amines) is 1. The number of benzene rings is 2. The van der Waals surface area contributed by atoms with E-state index in [9.17, 15) is 0 Å². The summed E-state index contributed by atoms with van der Waals surface area (Å²) in [6.07, 6.45) is 3.49. The van der Waals surface area contributed by atoms with Crippen LogP contribution in [0.1, 0.15) is 30.7 Å². The Bertz CT molecular complexity index is 725. The van der Waals surface area contributed by atoms with Crippen LogP contribution in [0, 0.1) is 0 Å². The van der Waals surface area contributed by atoms with E-state index in [0.717, 1.165) is 62.8 Å². The van der Waals surface area contributed by atoms with Crippen molar-refractivity contribution in [2.75, 3.05) is 33.4 Å². The number of fused-ring (bicyclic) bond motifs is 1. The highest BCUT2D eigenvalue weighted by molar-refractivity contribution is 5.39. The Morgan fingerprint density at radius 2 is 1.69 bits per heavy atom. The first-order valence-electron chi connectivity index (χ1n) is 9.57. The van der Waals surface area contributed by atoms with Crippen LogP contribution in [0.4, 0.5) is 0 Å². The fraction of sp³-hybridized carbons (Fsp3) is 0.455. The molecule has 0 spiro atoms. The summed E-state index contributed by atoms with van der Waals surface area (Å²) in [5.74, 6) is 3.31. The summed E-state index contributed by atoms with van der Waals surface area (Å²) in [4.78, 5) is 2.58. The van der Waals surface area contributed by atoms with Gasteiger partial charge in [0, 0.05) is 25.6 Å². The molecule has 0 N–H and O–H groups in total. The molecule has 4 heteroatoms. The second kappa shape index (κ2) is 8.00. The highest BCUT2D eigenvalue weighted by atomic mass is 16.5. The van der Waals surface area contributed by atoms with Crippen molar-refractivity contribution in [1.29, 1.82) is 0 Å². The number of hydrogen-bond acceptors (Lipinski definition) is 4. The Morgan fingerprint density at radius 3 is 2.50 bits per heavy atom. The number of ether oxygens (including phenoxy) is 3. The third-order valence-corrected chi connectivity index (χ3v) is 5.46. The van der Waals surface area contributed by atoms with Gasteiger partial charge in [-0.15, -0.1) is 0 Å². The highest BCUT2D eigenvalue weighted by Crippen LogP contribution is 2.35. The molecule has 26 heavy (non-hydrogen) atoms. The maximum Gasteiger partial charge on any atom is 0.161 e. The van der Waals surface area contributed by atoms with Gasteiger partial charge in [-0.3, -0.25) is 0 Å². The van der Waals surface area contributed by atoms with E-state index in [2.05, 4.69) is 29.2 Å². The van der Waals surface area contributed by atoms with Gasteiger partial charge in [-0.2, -0.15) is 0 Å².